The van der Waals surface area contributed by atoms with Crippen molar-refractivity contribution in [1.29, 1.82) is 0 Å². The summed E-state index contributed by atoms with van der Waals surface area (Å²) in [7, 11) is 0. The molecule has 2 aromatic carbocycles. The van der Waals surface area contributed by atoms with Gasteiger partial charge in [-0.25, -0.2) is 4.79 Å². The van der Waals surface area contributed by atoms with Crippen LogP contribution in [0.15, 0.2) is 36.4 Å². The predicted octanol–water partition coefficient (Wildman–Crippen LogP) is 2.28. The molecule has 0 bridgehead atoms. The third kappa shape index (κ3) is 4.03. The molecule has 0 saturated carbocycles. The van der Waals surface area contributed by atoms with Crippen LogP contribution in [0.4, 0.5) is 4.79 Å². The molecular formula is C23H26N2O6. The molecule has 2 unspecified atom stereocenters. The maximum atomic E-state index is 13.1. The van der Waals surface area contributed by atoms with Gasteiger partial charge in [0.05, 0.1) is 6.54 Å². The summed E-state index contributed by atoms with van der Waals surface area (Å²) in [4.78, 5) is 26.7. The lowest BCUT2D eigenvalue weighted by molar-refractivity contribution is -0.132. The van der Waals surface area contributed by atoms with Crippen molar-refractivity contribution in [3.05, 3.63) is 53.1 Å². The van der Waals surface area contributed by atoms with Crippen molar-refractivity contribution in [2.45, 2.75) is 32.4 Å². The summed E-state index contributed by atoms with van der Waals surface area (Å²) in [5.74, 6) is 1.35. The van der Waals surface area contributed by atoms with E-state index < -0.39 is 23.6 Å². The number of nitrogens with one attached hydrogen (secondary N) is 1. The highest BCUT2D eigenvalue weighted by molar-refractivity contribution is 6.07. The zero-order chi connectivity index (χ0) is 22.2. The first-order valence-electron chi connectivity index (χ1n) is 10.2. The Hall–Kier alpha value is -3.26. The fourth-order valence-corrected chi connectivity index (χ4v) is 3.82. The van der Waals surface area contributed by atoms with Crippen molar-refractivity contribution in [2.75, 3.05) is 26.4 Å². The molecule has 31 heavy (non-hydrogen) atoms. The first-order chi connectivity index (χ1) is 14.8. The van der Waals surface area contributed by atoms with E-state index in [1.54, 1.807) is 25.1 Å². The van der Waals surface area contributed by atoms with Crippen LogP contribution in [0.2, 0.25) is 0 Å². The minimum Gasteiger partial charge on any atom is -0.491 e. The minimum absolute atomic E-state index is 0.0400. The number of ether oxygens (including phenoxy) is 3. The number of urea groups is 1. The SMILES string of the molecule is Cc1ccc(OCC(O)CN2C(=O)NC(C)(c3ccc4c(c3)OCCO4)C2=O)c(C)c1. The van der Waals surface area contributed by atoms with Crippen LogP contribution in [-0.4, -0.2) is 54.4 Å². The average Bonchev–Trinajstić information content (AvgIpc) is 2.96. The van der Waals surface area contributed by atoms with Crippen LogP contribution in [-0.2, 0) is 10.3 Å². The van der Waals surface area contributed by atoms with E-state index in [0.29, 0.717) is 36.0 Å². The van der Waals surface area contributed by atoms with Crippen LogP contribution in [0.25, 0.3) is 0 Å². The van der Waals surface area contributed by atoms with Crippen molar-refractivity contribution >= 4 is 11.9 Å². The van der Waals surface area contributed by atoms with Crippen LogP contribution in [0.3, 0.4) is 0 Å². The Morgan fingerprint density at radius 2 is 1.87 bits per heavy atom. The Morgan fingerprint density at radius 1 is 1.13 bits per heavy atom. The van der Waals surface area contributed by atoms with Gasteiger partial charge in [0.15, 0.2) is 11.5 Å². The maximum absolute atomic E-state index is 13.1. The number of benzene rings is 2. The molecule has 164 valence electrons. The van der Waals surface area contributed by atoms with E-state index in [0.717, 1.165) is 16.0 Å². The molecular weight excluding hydrogens is 400 g/mol. The molecule has 0 aromatic heterocycles. The van der Waals surface area contributed by atoms with Crippen molar-refractivity contribution in [3.63, 3.8) is 0 Å². The molecule has 3 amide bonds. The van der Waals surface area contributed by atoms with Crippen molar-refractivity contribution < 1.29 is 28.9 Å². The fraction of sp³-hybridized carbons (Fsp3) is 0.391. The lowest BCUT2D eigenvalue weighted by Gasteiger charge is -2.25. The Labute approximate surface area is 180 Å². The van der Waals surface area contributed by atoms with Crippen LogP contribution < -0.4 is 19.5 Å². The number of aliphatic hydroxyl groups is 1. The van der Waals surface area contributed by atoms with E-state index in [1.165, 1.54) is 0 Å². The van der Waals surface area contributed by atoms with Gasteiger partial charge in [0, 0.05) is 0 Å². The highest BCUT2D eigenvalue weighted by Gasteiger charge is 2.49. The number of hydrogen-bond donors (Lipinski definition) is 2. The topological polar surface area (TPSA) is 97.3 Å². The predicted molar refractivity (Wildman–Crippen MR) is 112 cm³/mol. The lowest BCUT2D eigenvalue weighted by Crippen LogP contribution is -2.42. The zero-order valence-electron chi connectivity index (χ0n) is 17.8. The molecule has 1 fully saturated rings. The number of nitrogens with zero attached hydrogens (tertiary/aromatic N) is 1. The van der Waals surface area contributed by atoms with E-state index in [-0.39, 0.29) is 13.2 Å². The highest BCUT2D eigenvalue weighted by atomic mass is 16.6. The number of carbonyl (C=O) groups excluding carboxylic acids is 2. The number of imide groups is 1. The first kappa shape index (κ1) is 21.0. The smallest absolute Gasteiger partial charge is 0.325 e. The number of carbonyl (C=O) groups is 2. The van der Waals surface area contributed by atoms with Gasteiger partial charge in [0.1, 0.15) is 37.2 Å². The molecule has 0 radical (unpaired) electrons. The summed E-state index contributed by atoms with van der Waals surface area (Å²) < 4.78 is 16.8. The van der Waals surface area contributed by atoms with Gasteiger partial charge in [-0.1, -0.05) is 23.8 Å². The van der Waals surface area contributed by atoms with Crippen molar-refractivity contribution in [2.24, 2.45) is 0 Å². The van der Waals surface area contributed by atoms with Crippen molar-refractivity contribution in [3.8, 4) is 17.2 Å². The standard InChI is InChI=1S/C23H26N2O6/c1-14-4-6-18(15(2)10-14)31-13-17(26)12-25-21(27)23(3,24-22(25)28)16-5-7-19-20(11-16)30-9-8-29-19/h4-7,10-11,17,26H,8-9,12-13H2,1-3H3,(H,24,28). The normalized spacial score (nSPS) is 21.1. The summed E-state index contributed by atoms with van der Waals surface area (Å²) in [5.41, 5.74) is 1.39. The molecule has 4 rings (SSSR count). The maximum Gasteiger partial charge on any atom is 0.325 e. The Kier molecular flexibility index (Phi) is 5.49. The Morgan fingerprint density at radius 3 is 2.61 bits per heavy atom. The van der Waals surface area contributed by atoms with Gasteiger partial charge in [-0.2, -0.15) is 0 Å². The molecule has 2 heterocycles. The average molecular weight is 426 g/mol. The van der Waals surface area contributed by atoms with Gasteiger partial charge >= 0.3 is 6.03 Å². The third-order valence-electron chi connectivity index (χ3n) is 5.55. The van der Waals surface area contributed by atoms with Gasteiger partial charge in [-0.15, -0.1) is 0 Å². The Balaban J connectivity index is 1.44. The number of aryl methyl sites for hydroxylation is 2. The first-order valence-corrected chi connectivity index (χ1v) is 10.2. The molecule has 8 nitrogen and oxygen atoms in total. The molecule has 2 atom stereocenters. The van der Waals surface area contributed by atoms with Gasteiger partial charge in [-0.05, 0) is 50.1 Å². The zero-order valence-corrected chi connectivity index (χ0v) is 17.8. The number of rotatable bonds is 6. The monoisotopic (exact) mass is 426 g/mol. The number of amides is 3. The van der Waals surface area contributed by atoms with E-state index in [1.807, 2.05) is 32.0 Å². The number of fused-ring (bicyclic) bond motifs is 1. The van der Waals surface area contributed by atoms with Crippen LogP contribution >= 0.6 is 0 Å². The number of β-amino-alcohol motifs (C(OH)–C–C–N with tert-alkyl or cyclic N) is 1. The number of aliphatic hydroxyl groups excluding tert-OH is 1. The fourth-order valence-electron chi connectivity index (χ4n) is 3.82. The molecule has 2 N–H and O–H groups in total. The van der Waals surface area contributed by atoms with Crippen molar-refractivity contribution in [1.82, 2.24) is 10.2 Å². The molecule has 2 aliphatic rings. The van der Waals surface area contributed by atoms with E-state index in [4.69, 9.17) is 14.2 Å². The van der Waals surface area contributed by atoms with E-state index in [9.17, 15) is 14.7 Å². The molecule has 0 aliphatic carbocycles. The lowest BCUT2D eigenvalue weighted by atomic mass is 9.91. The second-order valence-corrected chi connectivity index (χ2v) is 8.06. The second kappa shape index (κ2) is 8.11. The second-order valence-electron chi connectivity index (χ2n) is 8.06. The molecule has 8 heteroatoms. The number of hydrogen-bond acceptors (Lipinski definition) is 6. The summed E-state index contributed by atoms with van der Waals surface area (Å²) in [6, 6.07) is 10.3. The van der Waals surface area contributed by atoms with Crippen LogP contribution in [0.1, 0.15) is 23.6 Å². The summed E-state index contributed by atoms with van der Waals surface area (Å²) in [5, 5.41) is 13.2. The molecule has 2 aliphatic heterocycles. The Bertz CT molecular complexity index is 1020. The molecule has 1 saturated heterocycles. The third-order valence-corrected chi connectivity index (χ3v) is 5.55. The van der Waals surface area contributed by atoms with Gasteiger partial charge < -0.3 is 24.6 Å². The quantitative estimate of drug-likeness (QED) is 0.688. The highest BCUT2D eigenvalue weighted by Crippen LogP contribution is 2.36. The largest absolute Gasteiger partial charge is 0.491 e. The molecule has 2 aromatic rings. The van der Waals surface area contributed by atoms with Crippen LogP contribution in [0, 0.1) is 13.8 Å². The minimum atomic E-state index is -1.26. The summed E-state index contributed by atoms with van der Waals surface area (Å²) in [6.07, 6.45) is -1.03. The van der Waals surface area contributed by atoms with Gasteiger partial charge in [0.2, 0.25) is 0 Å². The molecule has 0 spiro atoms. The van der Waals surface area contributed by atoms with E-state index in [2.05, 4.69) is 5.32 Å². The van der Waals surface area contributed by atoms with Crippen LogP contribution in [0.5, 0.6) is 17.2 Å². The van der Waals surface area contributed by atoms with Gasteiger partial charge in [-0.3, -0.25) is 9.69 Å². The van der Waals surface area contributed by atoms with E-state index >= 15 is 0 Å². The summed E-state index contributed by atoms with van der Waals surface area (Å²) >= 11 is 0. The van der Waals surface area contributed by atoms with Gasteiger partial charge in [0.25, 0.3) is 5.91 Å². The summed E-state index contributed by atoms with van der Waals surface area (Å²) in [6.45, 7) is 6.23.